The van der Waals surface area contributed by atoms with Crippen molar-refractivity contribution in [2.75, 3.05) is 6.54 Å². The van der Waals surface area contributed by atoms with E-state index in [2.05, 4.69) is 6.16 Å². The molecule has 65 valence electrons. The fraction of sp³-hybridized carbons (Fsp3) is 0.500. The minimum Gasteiger partial charge on any atom is -0.265 e. The average Bonchev–Trinajstić information content (AvgIpc) is 2.30. The van der Waals surface area contributed by atoms with E-state index >= 15 is 0 Å². The van der Waals surface area contributed by atoms with Crippen molar-refractivity contribution in [3.05, 3.63) is 33.8 Å². The van der Waals surface area contributed by atoms with Crippen LogP contribution in [0.4, 0.5) is 0 Å². The molecule has 3 nitrogen and oxygen atoms in total. The van der Waals surface area contributed by atoms with E-state index in [1.807, 2.05) is 13.8 Å². The van der Waals surface area contributed by atoms with E-state index < -0.39 is 0 Å². The van der Waals surface area contributed by atoms with Crippen LogP contribution in [0.5, 0.6) is 0 Å². The summed E-state index contributed by atoms with van der Waals surface area (Å²) in [6.45, 7) is 4.13. The van der Waals surface area contributed by atoms with Gasteiger partial charge in [0.05, 0.1) is 0 Å². The Bertz CT molecular complexity index is 174. The maximum absolute atomic E-state index is 10.1. The first kappa shape index (κ1) is 9.91. The van der Waals surface area contributed by atoms with Crippen molar-refractivity contribution in [2.45, 2.75) is 20.3 Å². The minimum atomic E-state index is -0.260. The Hall–Kier alpha value is -0.170. The van der Waals surface area contributed by atoms with Gasteiger partial charge in [0.25, 0.3) is 0 Å². The van der Waals surface area contributed by atoms with Crippen LogP contribution in [0, 0.1) is 33.8 Å². The van der Waals surface area contributed by atoms with Gasteiger partial charge in [0.1, 0.15) is 0 Å². The van der Waals surface area contributed by atoms with Crippen molar-refractivity contribution in [2.24, 2.45) is 0 Å². The lowest BCUT2D eigenvalue weighted by atomic mass is 9.93. The van der Waals surface area contributed by atoms with Gasteiger partial charge in [0.2, 0.25) is 6.54 Å². The summed E-state index contributed by atoms with van der Waals surface area (Å²) in [5.74, 6) is 2.49. The Kier molecular flexibility index (Phi) is 3.45. The second kappa shape index (κ2) is 4.18. The predicted octanol–water partition coefficient (Wildman–Crippen LogP) is 2.50. The molecule has 1 fully saturated rings. The molecule has 1 aliphatic rings. The van der Waals surface area contributed by atoms with Crippen molar-refractivity contribution >= 4 is 8.58 Å². The van der Waals surface area contributed by atoms with Crippen LogP contribution in [-0.2, 0) is 0 Å². The molecular weight excluding hydrogens is 173 g/mol. The topological polar surface area (TPSA) is 43.1 Å². The van der Waals surface area contributed by atoms with E-state index in [4.69, 9.17) is 0 Å². The van der Waals surface area contributed by atoms with Gasteiger partial charge in [0, 0.05) is 17.0 Å². The number of hydrogen-bond acceptors (Lipinski definition) is 2. The van der Waals surface area contributed by atoms with E-state index in [1.54, 1.807) is 0 Å². The van der Waals surface area contributed by atoms with Gasteiger partial charge in [-0.3, -0.25) is 10.1 Å². The lowest BCUT2D eigenvalue weighted by Gasteiger charge is -2.12. The summed E-state index contributed by atoms with van der Waals surface area (Å²) in [5, 5.41) is 10.1. The predicted molar refractivity (Wildman–Crippen MR) is 48.8 cm³/mol. The fourth-order valence-corrected chi connectivity index (χ4v) is 2.19. The zero-order valence-electron chi connectivity index (χ0n) is 7.20. The Labute approximate surface area is 74.9 Å². The van der Waals surface area contributed by atoms with Gasteiger partial charge in [-0.05, 0) is 18.0 Å². The molecule has 0 aromatic heterocycles. The van der Waals surface area contributed by atoms with Gasteiger partial charge < -0.3 is 0 Å². The molecule has 5 radical (unpaired) electrons. The Morgan fingerprint density at radius 3 is 2.67 bits per heavy atom. The van der Waals surface area contributed by atoms with E-state index in [1.165, 1.54) is 17.5 Å². The molecule has 0 aromatic carbocycles. The van der Waals surface area contributed by atoms with Crippen LogP contribution in [0.15, 0.2) is 0 Å². The SMILES string of the molecule is C[C]1[CH][P][C](CC[N+](=O)[O-])[C]1C. The third kappa shape index (κ3) is 2.41. The van der Waals surface area contributed by atoms with Gasteiger partial charge in [-0.15, -0.1) is 0 Å². The summed E-state index contributed by atoms with van der Waals surface area (Å²) < 4.78 is 0. The Morgan fingerprint density at radius 1 is 1.58 bits per heavy atom. The molecule has 4 heteroatoms. The first-order valence-corrected chi connectivity index (χ1v) is 4.77. The van der Waals surface area contributed by atoms with Gasteiger partial charge in [0.15, 0.2) is 0 Å². The monoisotopic (exact) mass is 184 g/mol. The molecule has 12 heavy (non-hydrogen) atoms. The van der Waals surface area contributed by atoms with Crippen molar-refractivity contribution in [1.29, 1.82) is 0 Å². The standard InChI is InChI=1S/C8H11NO2P/c1-6-5-12-8(7(6)2)3-4-9(10)11/h5H,3-4H2,1-2H3. The van der Waals surface area contributed by atoms with E-state index in [9.17, 15) is 10.1 Å². The quantitative estimate of drug-likeness (QED) is 0.384. The van der Waals surface area contributed by atoms with Crippen LogP contribution in [0.3, 0.4) is 0 Å². The lowest BCUT2D eigenvalue weighted by molar-refractivity contribution is -0.479. The maximum atomic E-state index is 10.1. The van der Waals surface area contributed by atoms with Crippen LogP contribution in [-0.4, -0.2) is 11.5 Å². The Morgan fingerprint density at radius 2 is 2.25 bits per heavy atom. The molecule has 1 heterocycles. The molecule has 0 atom stereocenters. The molecule has 0 amide bonds. The highest BCUT2D eigenvalue weighted by atomic mass is 31.1. The first-order chi connectivity index (χ1) is 5.61. The van der Waals surface area contributed by atoms with Gasteiger partial charge >= 0.3 is 0 Å². The van der Waals surface area contributed by atoms with Crippen LogP contribution in [0.1, 0.15) is 20.3 Å². The highest BCUT2D eigenvalue weighted by molar-refractivity contribution is 7.45. The number of rotatable bonds is 3. The molecular formula is C8H11NO2P. The summed E-state index contributed by atoms with van der Waals surface area (Å²) in [4.78, 5) is 9.85. The first-order valence-electron chi connectivity index (χ1n) is 3.81. The second-order valence-corrected chi connectivity index (χ2v) is 3.88. The summed E-state index contributed by atoms with van der Waals surface area (Å²) in [6, 6.07) is 0. The van der Waals surface area contributed by atoms with Crippen molar-refractivity contribution in [3.8, 4) is 0 Å². The van der Waals surface area contributed by atoms with E-state index in [0.717, 1.165) is 8.58 Å². The molecule has 1 rings (SSSR count). The summed E-state index contributed by atoms with van der Waals surface area (Å²) in [6.07, 6.45) is 2.69. The van der Waals surface area contributed by atoms with Gasteiger partial charge in [-0.1, -0.05) is 22.4 Å². The van der Waals surface area contributed by atoms with Crippen LogP contribution < -0.4 is 0 Å². The molecule has 0 spiro atoms. The summed E-state index contributed by atoms with van der Waals surface area (Å²) in [7, 11) is 1.14. The molecule has 0 aromatic rings. The highest BCUT2D eigenvalue weighted by Gasteiger charge is 2.32. The van der Waals surface area contributed by atoms with Crippen LogP contribution in [0.2, 0.25) is 0 Å². The highest BCUT2D eigenvalue weighted by Crippen LogP contribution is 2.54. The third-order valence-electron chi connectivity index (χ3n) is 1.97. The average molecular weight is 184 g/mol. The summed E-state index contributed by atoms with van der Waals surface area (Å²) >= 11 is 0. The largest absolute Gasteiger partial charge is 0.265 e. The summed E-state index contributed by atoms with van der Waals surface area (Å²) in [5.41, 5.74) is 1.20. The lowest BCUT2D eigenvalue weighted by Crippen LogP contribution is -2.08. The zero-order chi connectivity index (χ0) is 9.14. The minimum absolute atomic E-state index is 0.0563. The molecule has 0 N–H and O–H groups in total. The van der Waals surface area contributed by atoms with Gasteiger partial charge in [-0.25, -0.2) is 0 Å². The maximum Gasteiger partial charge on any atom is 0.204 e. The fourth-order valence-electron chi connectivity index (χ4n) is 1.05. The van der Waals surface area contributed by atoms with Gasteiger partial charge in [-0.2, -0.15) is 0 Å². The number of nitrogens with zero attached hydrogens (tertiary/aromatic N) is 1. The molecule has 0 saturated carbocycles. The smallest absolute Gasteiger partial charge is 0.204 e. The van der Waals surface area contributed by atoms with E-state index in [-0.39, 0.29) is 11.5 Å². The van der Waals surface area contributed by atoms with Crippen molar-refractivity contribution in [3.63, 3.8) is 0 Å². The van der Waals surface area contributed by atoms with E-state index in [0.29, 0.717) is 6.42 Å². The molecule has 0 bridgehead atoms. The van der Waals surface area contributed by atoms with Crippen LogP contribution >= 0.6 is 8.58 Å². The van der Waals surface area contributed by atoms with Crippen molar-refractivity contribution in [1.82, 2.24) is 0 Å². The zero-order valence-corrected chi connectivity index (χ0v) is 8.10. The van der Waals surface area contributed by atoms with Crippen LogP contribution in [0.25, 0.3) is 0 Å². The molecule has 0 aliphatic carbocycles. The third-order valence-corrected chi connectivity index (χ3v) is 3.36. The molecule has 1 saturated heterocycles. The second-order valence-electron chi connectivity index (χ2n) is 2.82. The Balaban J connectivity index is 2.29. The molecule has 0 unspecified atom stereocenters. The number of hydrogen-bond donors (Lipinski definition) is 0. The number of nitro groups is 1. The van der Waals surface area contributed by atoms with Crippen molar-refractivity contribution < 1.29 is 4.92 Å². The molecule has 1 aliphatic heterocycles. The normalized spacial score (nSPS) is 23.8.